The van der Waals surface area contributed by atoms with Gasteiger partial charge in [-0.25, -0.2) is 0 Å². The molecule has 2 aromatic rings. The van der Waals surface area contributed by atoms with E-state index in [0.29, 0.717) is 12.0 Å². The van der Waals surface area contributed by atoms with Crippen molar-refractivity contribution in [2.24, 2.45) is 5.92 Å². The molecule has 96 valence electrons. The van der Waals surface area contributed by atoms with Crippen molar-refractivity contribution in [2.45, 2.75) is 27.2 Å². The summed E-state index contributed by atoms with van der Waals surface area (Å²) in [5.74, 6) is -0.534. The van der Waals surface area contributed by atoms with Gasteiger partial charge in [-0.1, -0.05) is 25.1 Å². The van der Waals surface area contributed by atoms with E-state index in [-0.39, 0.29) is 11.6 Å². The Morgan fingerprint density at radius 3 is 2.42 bits per heavy atom. The zero-order valence-electron chi connectivity index (χ0n) is 11.4. The average Bonchev–Trinajstić information content (AvgIpc) is 2.41. The normalized spacial score (nSPS) is 18.2. The number of hydrogen-bond acceptors (Lipinski definition) is 2. The second-order valence-corrected chi connectivity index (χ2v) is 5.28. The van der Waals surface area contributed by atoms with Crippen molar-refractivity contribution in [3.05, 3.63) is 46.5 Å². The molecule has 0 aliphatic heterocycles. The van der Waals surface area contributed by atoms with Crippen LogP contribution >= 0.6 is 0 Å². The summed E-state index contributed by atoms with van der Waals surface area (Å²) in [6.07, 6.45) is 0.570. The van der Waals surface area contributed by atoms with Crippen molar-refractivity contribution in [3.63, 3.8) is 0 Å². The fourth-order valence-electron chi connectivity index (χ4n) is 3.03. The third kappa shape index (κ3) is 1.49. The average molecular weight is 252 g/mol. The van der Waals surface area contributed by atoms with Crippen LogP contribution < -0.4 is 0 Å². The largest absolute Gasteiger partial charge is 0.293 e. The third-order valence-electron chi connectivity index (χ3n) is 4.26. The number of rotatable bonds is 1. The van der Waals surface area contributed by atoms with Gasteiger partial charge >= 0.3 is 0 Å². The smallest absolute Gasteiger partial charge is 0.174 e. The van der Waals surface area contributed by atoms with Crippen LogP contribution in [0.1, 0.15) is 45.2 Å². The lowest BCUT2D eigenvalue weighted by Crippen LogP contribution is -2.28. The Labute approximate surface area is 112 Å². The van der Waals surface area contributed by atoms with Crippen LogP contribution in [0.2, 0.25) is 0 Å². The minimum atomic E-state index is -0.500. The standard InChI is InChI=1S/C17H16O2/c1-4-11-16(18)13-7-5-6-12-10(3)9(2)8-14(15(12)13)17(11)19/h5-8,11H,4H2,1-3H3. The second-order valence-electron chi connectivity index (χ2n) is 5.28. The lowest BCUT2D eigenvalue weighted by Gasteiger charge is -2.23. The van der Waals surface area contributed by atoms with Gasteiger partial charge in [-0.3, -0.25) is 9.59 Å². The molecular formula is C17H16O2. The third-order valence-corrected chi connectivity index (χ3v) is 4.26. The number of ketones is 2. The molecule has 1 aliphatic carbocycles. The van der Waals surface area contributed by atoms with Crippen LogP contribution in [0.5, 0.6) is 0 Å². The summed E-state index contributed by atoms with van der Waals surface area (Å²) in [6.45, 7) is 5.95. The molecule has 0 bridgehead atoms. The molecule has 0 saturated heterocycles. The van der Waals surface area contributed by atoms with Crippen LogP contribution in [0.3, 0.4) is 0 Å². The fraction of sp³-hybridized carbons (Fsp3) is 0.294. The Morgan fingerprint density at radius 2 is 1.74 bits per heavy atom. The van der Waals surface area contributed by atoms with Crippen LogP contribution in [-0.4, -0.2) is 11.6 Å². The van der Waals surface area contributed by atoms with Crippen molar-refractivity contribution in [3.8, 4) is 0 Å². The van der Waals surface area contributed by atoms with Crippen LogP contribution in [0.4, 0.5) is 0 Å². The lowest BCUT2D eigenvalue weighted by atomic mass is 9.77. The van der Waals surface area contributed by atoms with Gasteiger partial charge in [0.1, 0.15) is 0 Å². The number of benzene rings is 2. The van der Waals surface area contributed by atoms with E-state index in [1.54, 1.807) is 0 Å². The van der Waals surface area contributed by atoms with E-state index in [1.165, 1.54) is 0 Å². The van der Waals surface area contributed by atoms with Crippen molar-refractivity contribution in [1.29, 1.82) is 0 Å². The highest BCUT2D eigenvalue weighted by molar-refractivity contribution is 6.29. The molecule has 0 amide bonds. The van der Waals surface area contributed by atoms with Crippen molar-refractivity contribution in [2.75, 3.05) is 0 Å². The Bertz CT molecular complexity index is 726. The maximum absolute atomic E-state index is 12.5. The number of Topliss-reactive ketones (excluding diaryl/α,β-unsaturated/α-hetero) is 2. The predicted octanol–water partition coefficient (Wildman–Crippen LogP) is 3.86. The Hall–Kier alpha value is -1.96. The molecule has 0 aromatic heterocycles. The molecule has 2 heteroatoms. The van der Waals surface area contributed by atoms with E-state index in [2.05, 4.69) is 0 Å². The summed E-state index contributed by atoms with van der Waals surface area (Å²) in [5, 5.41) is 1.88. The van der Waals surface area contributed by atoms with E-state index in [9.17, 15) is 9.59 Å². The first-order valence-electron chi connectivity index (χ1n) is 6.67. The molecule has 2 nitrogen and oxygen atoms in total. The molecule has 0 heterocycles. The highest BCUT2D eigenvalue weighted by atomic mass is 16.2. The van der Waals surface area contributed by atoms with Gasteiger partial charge in [0.05, 0.1) is 5.92 Å². The summed E-state index contributed by atoms with van der Waals surface area (Å²) in [7, 11) is 0. The minimum Gasteiger partial charge on any atom is -0.293 e. The molecule has 2 aromatic carbocycles. The molecule has 0 saturated carbocycles. The van der Waals surface area contributed by atoms with E-state index < -0.39 is 5.92 Å². The number of aryl methyl sites for hydroxylation is 2. The van der Waals surface area contributed by atoms with Gasteiger partial charge in [-0.15, -0.1) is 0 Å². The molecule has 0 N–H and O–H groups in total. The first-order valence-corrected chi connectivity index (χ1v) is 6.67. The molecular weight excluding hydrogens is 236 g/mol. The SMILES string of the molecule is CCC1C(=O)c2cccc3c(C)c(C)cc(c23)C1=O. The molecule has 19 heavy (non-hydrogen) atoms. The number of carbonyl (C=O) groups excluding carboxylic acids is 2. The van der Waals surface area contributed by atoms with Gasteiger partial charge in [-0.2, -0.15) is 0 Å². The first kappa shape index (κ1) is 12.1. The van der Waals surface area contributed by atoms with E-state index in [0.717, 1.165) is 27.5 Å². The van der Waals surface area contributed by atoms with Gasteiger partial charge in [-0.05, 0) is 42.8 Å². The Morgan fingerprint density at radius 1 is 1.05 bits per heavy atom. The molecule has 0 fully saturated rings. The molecule has 0 spiro atoms. The predicted molar refractivity (Wildman–Crippen MR) is 75.9 cm³/mol. The molecule has 3 rings (SSSR count). The molecule has 1 atom stereocenters. The lowest BCUT2D eigenvalue weighted by molar-refractivity contribution is 0.0799. The van der Waals surface area contributed by atoms with E-state index in [4.69, 9.17) is 0 Å². The van der Waals surface area contributed by atoms with E-state index >= 15 is 0 Å². The molecule has 0 radical (unpaired) electrons. The summed E-state index contributed by atoms with van der Waals surface area (Å²) >= 11 is 0. The molecule has 1 aliphatic rings. The minimum absolute atomic E-state index is 0.0145. The first-order chi connectivity index (χ1) is 9.06. The maximum Gasteiger partial charge on any atom is 0.174 e. The monoisotopic (exact) mass is 252 g/mol. The van der Waals surface area contributed by atoms with E-state index in [1.807, 2.05) is 45.0 Å². The topological polar surface area (TPSA) is 34.1 Å². The zero-order valence-corrected chi connectivity index (χ0v) is 11.4. The number of hydrogen-bond donors (Lipinski definition) is 0. The van der Waals surface area contributed by atoms with Crippen LogP contribution in [0, 0.1) is 19.8 Å². The second kappa shape index (κ2) is 4.02. The number of carbonyl (C=O) groups is 2. The van der Waals surface area contributed by atoms with Gasteiger partial charge in [0.15, 0.2) is 11.6 Å². The van der Waals surface area contributed by atoms with Gasteiger partial charge in [0, 0.05) is 16.5 Å². The fourth-order valence-corrected chi connectivity index (χ4v) is 3.03. The molecule has 1 unspecified atom stereocenters. The summed E-state index contributed by atoms with van der Waals surface area (Å²) in [5.41, 5.74) is 3.69. The van der Waals surface area contributed by atoms with Crippen molar-refractivity contribution < 1.29 is 9.59 Å². The summed E-state index contributed by atoms with van der Waals surface area (Å²) in [4.78, 5) is 24.9. The van der Waals surface area contributed by atoms with Gasteiger partial charge in [0.25, 0.3) is 0 Å². The maximum atomic E-state index is 12.5. The van der Waals surface area contributed by atoms with Gasteiger partial charge in [0.2, 0.25) is 0 Å². The quantitative estimate of drug-likeness (QED) is 0.722. The highest BCUT2D eigenvalue weighted by Gasteiger charge is 2.34. The Balaban J connectivity index is 2.49. The van der Waals surface area contributed by atoms with Crippen LogP contribution in [0.15, 0.2) is 24.3 Å². The highest BCUT2D eigenvalue weighted by Crippen LogP contribution is 2.36. The van der Waals surface area contributed by atoms with Gasteiger partial charge < -0.3 is 0 Å². The van der Waals surface area contributed by atoms with Crippen molar-refractivity contribution >= 4 is 22.3 Å². The van der Waals surface area contributed by atoms with Crippen molar-refractivity contribution in [1.82, 2.24) is 0 Å². The zero-order chi connectivity index (χ0) is 13.7. The van der Waals surface area contributed by atoms with Crippen LogP contribution in [-0.2, 0) is 0 Å². The Kier molecular flexibility index (Phi) is 2.56. The summed E-state index contributed by atoms with van der Waals surface area (Å²) in [6, 6.07) is 7.70. The van der Waals surface area contributed by atoms with Crippen LogP contribution in [0.25, 0.3) is 10.8 Å². The summed E-state index contributed by atoms with van der Waals surface area (Å²) < 4.78 is 0.